The molecule has 0 bridgehead atoms. The van der Waals surface area contributed by atoms with Gasteiger partial charge in [-0.2, -0.15) is 0 Å². The second-order valence-electron chi connectivity index (χ2n) is 2.14. The van der Waals surface area contributed by atoms with Gasteiger partial charge in [0.15, 0.2) is 0 Å². The van der Waals surface area contributed by atoms with E-state index in [9.17, 15) is 0 Å². The summed E-state index contributed by atoms with van der Waals surface area (Å²) in [4.78, 5) is 0. The molecule has 0 aromatic carbocycles. The van der Waals surface area contributed by atoms with Crippen LogP contribution >= 0.6 is 0 Å². The molecule has 0 spiro atoms. The van der Waals surface area contributed by atoms with Crippen LogP contribution in [0.2, 0.25) is 0 Å². The Bertz CT molecular complexity index is 50.5. The van der Waals surface area contributed by atoms with Crippen molar-refractivity contribution < 1.29 is 0 Å². The van der Waals surface area contributed by atoms with Gasteiger partial charge in [0.2, 0.25) is 0 Å². The van der Waals surface area contributed by atoms with Gasteiger partial charge in [-0.25, -0.2) is 0 Å². The van der Waals surface area contributed by atoms with Crippen LogP contribution in [0, 0.1) is 0 Å². The van der Waals surface area contributed by atoms with Crippen molar-refractivity contribution in [2.75, 3.05) is 0 Å². The molecule has 0 saturated carbocycles. The maximum atomic E-state index is 3.66. The molecule has 1 heteroatoms. The maximum absolute atomic E-state index is 3.66. The quantitative estimate of drug-likeness (QED) is 0.387. The maximum Gasteiger partial charge on any atom is 0 e. The Kier molecular flexibility index (Phi) is 15.4. The number of unbranched alkanes of at least 4 members (excludes halogenated alkanes) is 4. The first-order valence-electron chi connectivity index (χ1n) is 3.52. The van der Waals surface area contributed by atoms with Crippen LogP contribution in [0.25, 0.3) is 0 Å². The van der Waals surface area contributed by atoms with E-state index in [1.807, 2.05) is 6.08 Å². The van der Waals surface area contributed by atoms with Crippen LogP contribution in [0.4, 0.5) is 0 Å². The van der Waals surface area contributed by atoms with E-state index in [0.29, 0.717) is 0 Å². The number of hydrogen-bond acceptors (Lipinski definition) is 0. The topological polar surface area (TPSA) is 0 Å². The molecule has 4 radical (unpaired) electrons. The largest absolute Gasteiger partial charge is 0.103 e. The average Bonchev–Trinajstić information content (AvgIpc) is 1.81. The molecular formula is C8H16Sn. The van der Waals surface area contributed by atoms with E-state index >= 15 is 0 Å². The molecule has 0 aromatic rings. The van der Waals surface area contributed by atoms with Gasteiger partial charge in [-0.15, -0.1) is 6.58 Å². The van der Waals surface area contributed by atoms with Gasteiger partial charge in [-0.05, 0) is 12.8 Å². The summed E-state index contributed by atoms with van der Waals surface area (Å²) in [6, 6.07) is 0. The third-order valence-electron chi connectivity index (χ3n) is 1.26. The molecule has 0 aliphatic carbocycles. The smallest absolute Gasteiger partial charge is 0 e. The molecule has 0 N–H and O–H groups in total. The van der Waals surface area contributed by atoms with Crippen molar-refractivity contribution >= 4 is 23.9 Å². The second-order valence-corrected chi connectivity index (χ2v) is 2.14. The van der Waals surface area contributed by atoms with E-state index in [0.717, 1.165) is 0 Å². The summed E-state index contributed by atoms with van der Waals surface area (Å²) in [5.74, 6) is 0. The molecule has 0 heterocycles. The number of allylic oxidation sites excluding steroid dienone is 1. The Morgan fingerprint density at radius 2 is 1.89 bits per heavy atom. The molecule has 0 atom stereocenters. The predicted octanol–water partition coefficient (Wildman–Crippen LogP) is 2.76. The molecule has 0 saturated heterocycles. The normalized spacial score (nSPS) is 8.11. The fourth-order valence-electron chi connectivity index (χ4n) is 0.715. The SMILES string of the molecule is C=CCCCCCC.[Sn]. The van der Waals surface area contributed by atoms with E-state index in [4.69, 9.17) is 0 Å². The standard InChI is InChI=1S/C8H16.Sn/c1-3-5-7-8-6-4-2;/h3H,1,4-8H2,2H3;. The van der Waals surface area contributed by atoms with Gasteiger partial charge >= 0.3 is 0 Å². The summed E-state index contributed by atoms with van der Waals surface area (Å²) in [6.07, 6.45) is 8.61. The Morgan fingerprint density at radius 1 is 1.22 bits per heavy atom. The van der Waals surface area contributed by atoms with E-state index in [-0.39, 0.29) is 23.9 Å². The Hall–Kier alpha value is 0.539. The van der Waals surface area contributed by atoms with Gasteiger partial charge in [0.25, 0.3) is 0 Å². The van der Waals surface area contributed by atoms with Crippen LogP contribution in [0.3, 0.4) is 0 Å². The van der Waals surface area contributed by atoms with Crippen molar-refractivity contribution in [1.29, 1.82) is 0 Å². The Morgan fingerprint density at radius 3 is 2.33 bits per heavy atom. The fourth-order valence-corrected chi connectivity index (χ4v) is 0.715. The molecule has 9 heavy (non-hydrogen) atoms. The van der Waals surface area contributed by atoms with Crippen molar-refractivity contribution in [2.45, 2.75) is 39.0 Å². The zero-order valence-electron chi connectivity index (χ0n) is 6.32. The van der Waals surface area contributed by atoms with Crippen LogP contribution in [0.15, 0.2) is 12.7 Å². The van der Waals surface area contributed by atoms with Crippen LogP contribution in [0.1, 0.15) is 39.0 Å². The van der Waals surface area contributed by atoms with Gasteiger partial charge in [0, 0.05) is 23.9 Å². The van der Waals surface area contributed by atoms with Gasteiger partial charge in [0.1, 0.15) is 0 Å². The molecule has 0 aliphatic rings. The molecule has 52 valence electrons. The third kappa shape index (κ3) is 11.9. The zero-order valence-corrected chi connectivity index (χ0v) is 9.17. The van der Waals surface area contributed by atoms with E-state index in [2.05, 4.69) is 13.5 Å². The summed E-state index contributed by atoms with van der Waals surface area (Å²) in [5, 5.41) is 0. The van der Waals surface area contributed by atoms with Crippen LogP contribution in [0.5, 0.6) is 0 Å². The van der Waals surface area contributed by atoms with Crippen molar-refractivity contribution in [1.82, 2.24) is 0 Å². The van der Waals surface area contributed by atoms with E-state index in [1.165, 1.54) is 32.1 Å². The number of hydrogen-bond donors (Lipinski definition) is 0. The minimum atomic E-state index is 0. The molecule has 0 nitrogen and oxygen atoms in total. The zero-order chi connectivity index (χ0) is 6.24. The first-order valence-corrected chi connectivity index (χ1v) is 3.52. The van der Waals surface area contributed by atoms with E-state index in [1.54, 1.807) is 0 Å². The molecule has 0 aliphatic heterocycles. The summed E-state index contributed by atoms with van der Waals surface area (Å²) in [6.45, 7) is 5.89. The predicted molar refractivity (Wildman–Crippen MR) is 44.7 cm³/mol. The summed E-state index contributed by atoms with van der Waals surface area (Å²) >= 11 is 0. The average molecular weight is 231 g/mol. The summed E-state index contributed by atoms with van der Waals surface area (Å²) in [7, 11) is 0. The summed E-state index contributed by atoms with van der Waals surface area (Å²) in [5.41, 5.74) is 0. The molecule has 0 fully saturated rings. The monoisotopic (exact) mass is 232 g/mol. The fraction of sp³-hybridized carbons (Fsp3) is 0.750. The molecule has 0 unspecified atom stereocenters. The number of rotatable bonds is 5. The van der Waals surface area contributed by atoms with Gasteiger partial charge in [0.05, 0.1) is 0 Å². The van der Waals surface area contributed by atoms with Gasteiger partial charge in [-0.1, -0.05) is 32.3 Å². The Labute approximate surface area is 75.7 Å². The van der Waals surface area contributed by atoms with Gasteiger partial charge in [-0.3, -0.25) is 0 Å². The summed E-state index contributed by atoms with van der Waals surface area (Å²) < 4.78 is 0. The molecule has 0 aromatic heterocycles. The first kappa shape index (κ1) is 12.2. The first-order chi connectivity index (χ1) is 3.91. The van der Waals surface area contributed by atoms with Crippen LogP contribution in [-0.4, -0.2) is 23.9 Å². The Balaban J connectivity index is 0. The van der Waals surface area contributed by atoms with Crippen molar-refractivity contribution in [2.24, 2.45) is 0 Å². The molecule has 0 rings (SSSR count). The van der Waals surface area contributed by atoms with Crippen molar-refractivity contribution in [3.05, 3.63) is 12.7 Å². The van der Waals surface area contributed by atoms with Crippen LogP contribution in [-0.2, 0) is 0 Å². The van der Waals surface area contributed by atoms with E-state index < -0.39 is 0 Å². The minimum absolute atomic E-state index is 0. The third-order valence-corrected chi connectivity index (χ3v) is 1.26. The second kappa shape index (κ2) is 11.4. The molecule has 0 amide bonds. The van der Waals surface area contributed by atoms with Crippen molar-refractivity contribution in [3.8, 4) is 0 Å². The van der Waals surface area contributed by atoms with Crippen molar-refractivity contribution in [3.63, 3.8) is 0 Å². The van der Waals surface area contributed by atoms with Gasteiger partial charge < -0.3 is 0 Å². The molecular weight excluding hydrogens is 215 g/mol. The minimum Gasteiger partial charge on any atom is -0.103 e. The van der Waals surface area contributed by atoms with Crippen LogP contribution < -0.4 is 0 Å².